The van der Waals surface area contributed by atoms with Gasteiger partial charge in [-0.05, 0) is 48.2 Å². The molecule has 0 spiro atoms. The van der Waals surface area contributed by atoms with E-state index in [0.29, 0.717) is 9.87 Å². The molecular formula is C32H38F2N4O4S. The molecule has 2 amide bonds. The molecule has 1 saturated carbocycles. The second-order valence-electron chi connectivity index (χ2n) is 10.9. The van der Waals surface area contributed by atoms with Gasteiger partial charge in [0, 0.05) is 33.1 Å². The van der Waals surface area contributed by atoms with Gasteiger partial charge >= 0.3 is 10.2 Å². The SMILES string of the molecule is CN(C)S(=O)(=O)N(CC(=O)N(Cc1ccc(F)cc1)C(Cc1ccccc1)C(=O)NC1CCCCC1)c1ccccc1F. The Balaban J connectivity index is 1.75. The van der Waals surface area contributed by atoms with Gasteiger partial charge in [0.2, 0.25) is 11.8 Å². The van der Waals surface area contributed by atoms with Crippen LogP contribution in [0, 0.1) is 11.6 Å². The quantitative estimate of drug-likeness (QED) is 0.322. The number of halogens is 2. The predicted molar refractivity (Wildman–Crippen MR) is 162 cm³/mol. The molecule has 4 rings (SSSR count). The van der Waals surface area contributed by atoms with Crippen molar-refractivity contribution in [2.45, 2.75) is 57.2 Å². The molecule has 3 aromatic carbocycles. The number of benzene rings is 3. The van der Waals surface area contributed by atoms with E-state index in [2.05, 4.69) is 5.32 Å². The molecule has 0 heterocycles. The third-order valence-corrected chi connectivity index (χ3v) is 9.43. The Morgan fingerprint density at radius 3 is 2.12 bits per heavy atom. The van der Waals surface area contributed by atoms with Crippen LogP contribution >= 0.6 is 0 Å². The first-order valence-corrected chi connectivity index (χ1v) is 15.8. The van der Waals surface area contributed by atoms with E-state index in [4.69, 9.17) is 0 Å². The van der Waals surface area contributed by atoms with Gasteiger partial charge in [-0.15, -0.1) is 0 Å². The van der Waals surface area contributed by atoms with Crippen LogP contribution in [0.1, 0.15) is 43.2 Å². The molecule has 0 radical (unpaired) electrons. The molecule has 1 N–H and O–H groups in total. The Morgan fingerprint density at radius 2 is 1.49 bits per heavy atom. The van der Waals surface area contributed by atoms with Crippen LogP contribution in [-0.4, -0.2) is 62.2 Å². The van der Waals surface area contributed by atoms with Crippen molar-refractivity contribution in [3.63, 3.8) is 0 Å². The number of hydrogen-bond donors (Lipinski definition) is 1. The van der Waals surface area contributed by atoms with E-state index in [1.807, 2.05) is 30.3 Å². The standard InChI is InChI=1S/C32H38F2N4O4S/c1-36(2)43(41,42)38(29-16-10-9-15-28(29)34)23-31(39)37(22-25-17-19-26(33)20-18-25)30(21-24-11-5-3-6-12-24)32(40)35-27-13-7-4-8-14-27/h3,5-6,9-12,15-20,27,30H,4,7-8,13-14,21-23H2,1-2H3,(H,35,40). The minimum Gasteiger partial charge on any atom is -0.352 e. The molecule has 1 aliphatic rings. The summed E-state index contributed by atoms with van der Waals surface area (Å²) >= 11 is 0. The molecule has 8 nitrogen and oxygen atoms in total. The fourth-order valence-corrected chi connectivity index (χ4v) is 6.31. The average Bonchev–Trinajstić information content (AvgIpc) is 3.00. The Kier molecular flexibility index (Phi) is 10.9. The highest BCUT2D eigenvalue weighted by atomic mass is 32.2. The van der Waals surface area contributed by atoms with Gasteiger partial charge < -0.3 is 10.2 Å². The second kappa shape index (κ2) is 14.6. The Labute approximate surface area is 252 Å². The van der Waals surface area contributed by atoms with E-state index in [1.165, 1.54) is 61.5 Å². The number of nitrogens with one attached hydrogen (secondary N) is 1. The van der Waals surface area contributed by atoms with Gasteiger partial charge in [-0.25, -0.2) is 13.1 Å². The highest BCUT2D eigenvalue weighted by molar-refractivity contribution is 7.90. The van der Waals surface area contributed by atoms with Crippen LogP contribution in [0.15, 0.2) is 78.9 Å². The molecule has 1 unspecified atom stereocenters. The predicted octanol–water partition coefficient (Wildman–Crippen LogP) is 4.67. The van der Waals surface area contributed by atoms with Crippen LogP contribution in [0.3, 0.4) is 0 Å². The summed E-state index contributed by atoms with van der Waals surface area (Å²) in [7, 11) is -1.74. The van der Waals surface area contributed by atoms with Gasteiger partial charge in [0.05, 0.1) is 5.69 Å². The molecule has 11 heteroatoms. The van der Waals surface area contributed by atoms with Gasteiger partial charge in [-0.2, -0.15) is 12.7 Å². The Hall–Kier alpha value is -3.83. The fourth-order valence-electron chi connectivity index (χ4n) is 5.24. The van der Waals surface area contributed by atoms with E-state index in [0.717, 1.165) is 48.0 Å². The largest absolute Gasteiger partial charge is 0.352 e. The van der Waals surface area contributed by atoms with Crippen LogP contribution in [0.5, 0.6) is 0 Å². The number of amides is 2. The topological polar surface area (TPSA) is 90.0 Å². The molecule has 0 aliphatic heterocycles. The maximum atomic E-state index is 15.0. The number of para-hydroxylation sites is 1. The fraction of sp³-hybridized carbons (Fsp3) is 0.375. The molecule has 1 atom stereocenters. The number of carbonyl (C=O) groups excluding carboxylic acids is 2. The van der Waals surface area contributed by atoms with Gasteiger partial charge in [0.15, 0.2) is 0 Å². The third-order valence-electron chi connectivity index (χ3n) is 7.63. The van der Waals surface area contributed by atoms with Crippen molar-refractivity contribution < 1.29 is 26.8 Å². The van der Waals surface area contributed by atoms with Crippen molar-refractivity contribution in [1.29, 1.82) is 0 Å². The molecule has 3 aromatic rings. The summed E-state index contributed by atoms with van der Waals surface area (Å²) in [5, 5.41) is 3.12. The third kappa shape index (κ3) is 8.39. The van der Waals surface area contributed by atoms with Gasteiger partial charge in [-0.1, -0.05) is 73.9 Å². The highest BCUT2D eigenvalue weighted by Gasteiger charge is 2.36. The van der Waals surface area contributed by atoms with Gasteiger partial charge in [0.1, 0.15) is 24.2 Å². The minimum atomic E-state index is -4.32. The first kappa shape index (κ1) is 32.1. The van der Waals surface area contributed by atoms with Crippen molar-refractivity contribution >= 4 is 27.7 Å². The van der Waals surface area contributed by atoms with Crippen molar-refractivity contribution in [2.24, 2.45) is 0 Å². The van der Waals surface area contributed by atoms with Gasteiger partial charge in [-0.3, -0.25) is 9.59 Å². The van der Waals surface area contributed by atoms with E-state index in [-0.39, 0.29) is 30.6 Å². The molecule has 0 bridgehead atoms. The molecule has 43 heavy (non-hydrogen) atoms. The molecule has 1 fully saturated rings. The first-order valence-electron chi connectivity index (χ1n) is 14.4. The average molecular weight is 613 g/mol. The zero-order valence-corrected chi connectivity index (χ0v) is 25.3. The summed E-state index contributed by atoms with van der Waals surface area (Å²) in [4.78, 5) is 29.5. The lowest BCUT2D eigenvalue weighted by molar-refractivity contribution is -0.140. The second-order valence-corrected chi connectivity index (χ2v) is 13.0. The highest BCUT2D eigenvalue weighted by Crippen LogP contribution is 2.25. The molecule has 0 saturated heterocycles. The smallest absolute Gasteiger partial charge is 0.304 e. The number of hydrogen-bond acceptors (Lipinski definition) is 4. The summed E-state index contributed by atoms with van der Waals surface area (Å²) < 4.78 is 57.1. The van der Waals surface area contributed by atoms with E-state index in [1.54, 1.807) is 0 Å². The molecular weight excluding hydrogens is 574 g/mol. The lowest BCUT2D eigenvalue weighted by Gasteiger charge is -2.35. The summed E-state index contributed by atoms with van der Waals surface area (Å²) in [5.74, 6) is -2.35. The van der Waals surface area contributed by atoms with Gasteiger partial charge in [0.25, 0.3) is 0 Å². The maximum absolute atomic E-state index is 15.0. The normalized spacial score (nSPS) is 14.7. The zero-order valence-electron chi connectivity index (χ0n) is 24.5. The molecule has 1 aliphatic carbocycles. The van der Waals surface area contributed by atoms with Crippen molar-refractivity contribution in [3.05, 3.63) is 102 Å². The van der Waals surface area contributed by atoms with Crippen molar-refractivity contribution in [3.8, 4) is 0 Å². The van der Waals surface area contributed by atoms with Crippen LogP contribution in [0.2, 0.25) is 0 Å². The van der Waals surface area contributed by atoms with Crippen LogP contribution in [-0.2, 0) is 32.8 Å². The van der Waals surface area contributed by atoms with E-state index >= 15 is 0 Å². The van der Waals surface area contributed by atoms with Crippen molar-refractivity contribution in [1.82, 2.24) is 14.5 Å². The monoisotopic (exact) mass is 612 g/mol. The summed E-state index contributed by atoms with van der Waals surface area (Å²) in [5.41, 5.74) is 1.05. The number of rotatable bonds is 12. The lowest BCUT2D eigenvalue weighted by Crippen LogP contribution is -2.55. The van der Waals surface area contributed by atoms with Crippen LogP contribution < -0.4 is 9.62 Å². The maximum Gasteiger partial charge on any atom is 0.304 e. The molecule has 0 aromatic heterocycles. The molecule has 230 valence electrons. The summed E-state index contributed by atoms with van der Waals surface area (Å²) in [6.45, 7) is -0.855. The number of anilines is 1. The lowest BCUT2D eigenvalue weighted by atomic mass is 9.94. The minimum absolute atomic E-state index is 0.0358. The van der Waals surface area contributed by atoms with Crippen LogP contribution in [0.4, 0.5) is 14.5 Å². The first-order chi connectivity index (χ1) is 20.6. The number of carbonyl (C=O) groups is 2. The summed E-state index contributed by atoms with van der Waals surface area (Å²) in [6, 6.07) is 19.0. The zero-order chi connectivity index (χ0) is 31.0. The summed E-state index contributed by atoms with van der Waals surface area (Å²) in [6.07, 6.45) is 4.91. The number of nitrogens with zero attached hydrogens (tertiary/aromatic N) is 3. The van der Waals surface area contributed by atoms with Crippen LogP contribution in [0.25, 0.3) is 0 Å². The van der Waals surface area contributed by atoms with Crippen molar-refractivity contribution in [2.75, 3.05) is 24.9 Å². The Bertz CT molecular complexity index is 1480. The van der Waals surface area contributed by atoms with E-state index in [9.17, 15) is 26.8 Å². The van der Waals surface area contributed by atoms with E-state index < -0.39 is 40.3 Å². The Morgan fingerprint density at radius 1 is 0.860 bits per heavy atom.